The maximum absolute atomic E-state index is 8.70. The Morgan fingerprint density at radius 1 is 0.438 bits per heavy atom. The van der Waals surface area contributed by atoms with E-state index < -0.39 is 8.25 Å². The van der Waals surface area contributed by atoms with Gasteiger partial charge in [-0.2, -0.15) is 0 Å². The molecule has 32 heavy (non-hydrogen) atoms. The summed E-state index contributed by atoms with van der Waals surface area (Å²) in [6, 6.07) is 36.3. The van der Waals surface area contributed by atoms with Crippen LogP contribution in [0.5, 0.6) is 0 Å². The van der Waals surface area contributed by atoms with Gasteiger partial charge in [0.1, 0.15) is 0 Å². The van der Waals surface area contributed by atoms with E-state index in [1.807, 2.05) is 0 Å². The largest absolute Gasteiger partial charge is 0.692 e. The highest BCUT2D eigenvalue weighted by Crippen LogP contribution is 2.20. The lowest BCUT2D eigenvalue weighted by Crippen LogP contribution is -1.97. The maximum atomic E-state index is 8.70. The van der Waals surface area contributed by atoms with E-state index in [-0.39, 0.29) is 0 Å². The zero-order chi connectivity index (χ0) is 22.3. The number of fused-ring (bicyclic) bond motifs is 8. The average Bonchev–Trinajstić information content (AvgIpc) is 2.74. The molecule has 0 radical (unpaired) electrons. The maximum Gasteiger partial charge on any atom is 0.692 e. The van der Waals surface area contributed by atoms with Gasteiger partial charge in [-0.1, -0.05) is 97.1 Å². The summed E-state index contributed by atoms with van der Waals surface area (Å²) < 4.78 is 8.70. The van der Waals surface area contributed by atoms with Crippen LogP contribution in [0.15, 0.2) is 97.1 Å². The molecule has 2 N–H and O–H groups in total. The van der Waals surface area contributed by atoms with Crippen LogP contribution in [-0.4, -0.2) is 9.79 Å². The molecule has 0 fully saturated rings. The fraction of sp³-hybridized carbons (Fsp3) is 0.143. The first-order valence-electron chi connectivity index (χ1n) is 10.7. The van der Waals surface area contributed by atoms with Crippen LogP contribution in [0.3, 0.4) is 0 Å². The predicted molar refractivity (Wildman–Crippen MR) is 129 cm³/mol. The van der Waals surface area contributed by atoms with Crippen molar-refractivity contribution in [1.29, 1.82) is 0 Å². The molecule has 0 saturated carbocycles. The summed E-state index contributed by atoms with van der Waals surface area (Å²) in [5.74, 6) is 0. The van der Waals surface area contributed by atoms with E-state index in [4.69, 9.17) is 14.4 Å². The molecule has 0 spiro atoms. The Bertz CT molecular complexity index is 978. The van der Waals surface area contributed by atoms with E-state index in [1.165, 1.54) is 44.5 Å². The van der Waals surface area contributed by atoms with E-state index >= 15 is 0 Å². The molecule has 0 amide bonds. The zero-order valence-electron chi connectivity index (χ0n) is 17.8. The molecule has 0 aliphatic heterocycles. The minimum atomic E-state index is -2.87. The third-order valence-corrected chi connectivity index (χ3v) is 5.60. The van der Waals surface area contributed by atoms with Crippen molar-refractivity contribution in [1.82, 2.24) is 0 Å². The predicted octanol–water partition coefficient (Wildman–Crippen LogP) is 5.99. The summed E-state index contributed by atoms with van der Waals surface area (Å²) in [4.78, 5) is 14.2. The molecule has 4 heteroatoms. The normalized spacial score (nSPS) is 12.3. The summed E-state index contributed by atoms with van der Waals surface area (Å²) in [7, 11) is -2.87. The van der Waals surface area contributed by atoms with Crippen molar-refractivity contribution in [2.75, 3.05) is 0 Å². The van der Waals surface area contributed by atoms with Crippen LogP contribution in [0, 0.1) is 0 Å². The molecular weight excluding hydrogens is 415 g/mol. The first kappa shape index (κ1) is 22.1. The monoisotopic (exact) mass is 441 g/mol. The van der Waals surface area contributed by atoms with Crippen molar-refractivity contribution >= 4 is 8.25 Å². The second-order valence-electron chi connectivity index (χ2n) is 8.24. The Balaban J connectivity index is 0.000000567. The van der Waals surface area contributed by atoms with Gasteiger partial charge in [0.2, 0.25) is 0 Å². The van der Waals surface area contributed by atoms with Crippen molar-refractivity contribution in [2.24, 2.45) is 0 Å². The molecular formula is C28H26O3P+. The SMILES string of the molecule is O=[P+](O)O.c1cc2cc(c1)Cc1cccc(c1)Cc1cccc(c1)Cc1cccc(c1)C2. The minimum Gasteiger partial charge on any atom is -0.134 e. The van der Waals surface area contributed by atoms with Gasteiger partial charge >= 0.3 is 8.25 Å². The Morgan fingerprint density at radius 2 is 0.594 bits per heavy atom. The van der Waals surface area contributed by atoms with Gasteiger partial charge < -0.3 is 0 Å². The van der Waals surface area contributed by atoms with Crippen molar-refractivity contribution in [3.8, 4) is 0 Å². The van der Waals surface area contributed by atoms with Crippen molar-refractivity contribution in [3.05, 3.63) is 142 Å². The Hall–Kier alpha value is -3.10. The average molecular weight is 441 g/mol. The molecule has 8 bridgehead atoms. The van der Waals surface area contributed by atoms with Crippen LogP contribution in [0.4, 0.5) is 0 Å². The molecule has 0 saturated heterocycles. The summed E-state index contributed by atoms with van der Waals surface area (Å²) in [5, 5.41) is 0. The third-order valence-electron chi connectivity index (χ3n) is 5.60. The van der Waals surface area contributed by atoms with Gasteiger partial charge in [0.25, 0.3) is 0 Å². The fourth-order valence-electron chi connectivity index (χ4n) is 4.34. The van der Waals surface area contributed by atoms with Crippen molar-refractivity contribution in [2.45, 2.75) is 25.7 Å². The molecule has 0 atom stereocenters. The van der Waals surface area contributed by atoms with Crippen LogP contribution in [0.1, 0.15) is 44.5 Å². The second kappa shape index (κ2) is 10.5. The molecule has 1 aliphatic carbocycles. The van der Waals surface area contributed by atoms with E-state index in [2.05, 4.69) is 97.1 Å². The number of hydrogen-bond donors (Lipinski definition) is 2. The summed E-state index contributed by atoms with van der Waals surface area (Å²) in [5.41, 5.74) is 11.1. The first-order valence-corrected chi connectivity index (χ1v) is 11.9. The van der Waals surface area contributed by atoms with Gasteiger partial charge in [-0.15, -0.1) is 9.79 Å². The van der Waals surface area contributed by atoms with E-state index in [1.54, 1.807) is 0 Å². The Kier molecular flexibility index (Phi) is 7.24. The minimum absolute atomic E-state index is 0.988. The quantitative estimate of drug-likeness (QED) is 0.290. The van der Waals surface area contributed by atoms with Gasteiger partial charge in [-0.3, -0.25) is 0 Å². The number of benzene rings is 4. The fourth-order valence-corrected chi connectivity index (χ4v) is 4.34. The highest BCUT2D eigenvalue weighted by molar-refractivity contribution is 7.30. The van der Waals surface area contributed by atoms with Crippen molar-refractivity contribution < 1.29 is 14.4 Å². The summed E-state index contributed by atoms with van der Waals surface area (Å²) >= 11 is 0. The van der Waals surface area contributed by atoms with Gasteiger partial charge in [0.15, 0.2) is 0 Å². The molecule has 160 valence electrons. The molecule has 0 unspecified atom stereocenters. The lowest BCUT2D eigenvalue weighted by Gasteiger charge is -2.11. The van der Waals surface area contributed by atoms with Crippen LogP contribution >= 0.6 is 8.25 Å². The Labute approximate surface area is 190 Å². The van der Waals surface area contributed by atoms with Crippen molar-refractivity contribution in [3.63, 3.8) is 0 Å². The second-order valence-corrected chi connectivity index (χ2v) is 8.75. The van der Waals surface area contributed by atoms with Gasteiger partial charge in [-0.25, -0.2) is 0 Å². The molecule has 0 heterocycles. The summed E-state index contributed by atoms with van der Waals surface area (Å²) in [6.07, 6.45) is 3.95. The number of rotatable bonds is 0. The zero-order valence-corrected chi connectivity index (χ0v) is 18.7. The molecule has 1 aliphatic rings. The summed E-state index contributed by atoms with van der Waals surface area (Å²) in [6.45, 7) is 0. The molecule has 4 aromatic rings. The molecule has 5 rings (SSSR count). The van der Waals surface area contributed by atoms with Gasteiger partial charge in [0, 0.05) is 4.57 Å². The lowest BCUT2D eigenvalue weighted by molar-refractivity contribution is 0.405. The van der Waals surface area contributed by atoms with Crippen LogP contribution < -0.4 is 0 Å². The number of hydrogen-bond acceptors (Lipinski definition) is 1. The Morgan fingerprint density at radius 3 is 0.750 bits per heavy atom. The van der Waals surface area contributed by atoms with E-state index in [0.29, 0.717) is 0 Å². The van der Waals surface area contributed by atoms with E-state index in [9.17, 15) is 0 Å². The van der Waals surface area contributed by atoms with Crippen LogP contribution in [-0.2, 0) is 30.2 Å². The molecule has 4 aromatic carbocycles. The van der Waals surface area contributed by atoms with Gasteiger partial charge in [0.05, 0.1) is 0 Å². The van der Waals surface area contributed by atoms with Crippen LogP contribution in [0.2, 0.25) is 0 Å². The highest BCUT2D eigenvalue weighted by atomic mass is 31.1. The topological polar surface area (TPSA) is 57.5 Å². The molecule has 0 aromatic heterocycles. The first-order chi connectivity index (χ1) is 15.5. The van der Waals surface area contributed by atoms with E-state index in [0.717, 1.165) is 25.7 Å². The van der Waals surface area contributed by atoms with Crippen LogP contribution in [0.25, 0.3) is 0 Å². The van der Waals surface area contributed by atoms with Gasteiger partial charge in [-0.05, 0) is 70.2 Å². The third kappa shape index (κ3) is 6.45. The highest BCUT2D eigenvalue weighted by Gasteiger charge is 2.06. The standard InChI is InChI=1S/C28H24.HO3P/c1-5-21-13-22(6-1)18-24-8-3-10-26(15-24)20-28-12-4-11-27(16-28)19-25-9-2-7-23(14-25)17-21;1-4(2)3/h1-16H,17-20H2;(H-,1,2,3)/p+1. The lowest BCUT2D eigenvalue weighted by atomic mass is 9.94. The molecule has 3 nitrogen and oxygen atoms in total. The smallest absolute Gasteiger partial charge is 0.134 e.